The van der Waals surface area contributed by atoms with Gasteiger partial charge in [0.15, 0.2) is 0 Å². The second-order valence-electron chi connectivity index (χ2n) is 4.29. The largest absolute Gasteiger partial charge is 0.327 e. The number of nitrogens with zero attached hydrogens (tertiary/aromatic N) is 2. The van der Waals surface area contributed by atoms with Crippen molar-refractivity contribution in [3.05, 3.63) is 16.9 Å². The van der Waals surface area contributed by atoms with E-state index in [0.717, 1.165) is 36.0 Å². The normalized spacial score (nSPS) is 18.1. The third kappa shape index (κ3) is 2.52. The zero-order valence-corrected chi connectivity index (χ0v) is 9.87. The number of rotatable bonds is 5. The molecule has 1 fully saturated rings. The maximum atomic E-state index is 6.08. The third-order valence-corrected chi connectivity index (χ3v) is 3.45. The van der Waals surface area contributed by atoms with Gasteiger partial charge in [0, 0.05) is 12.6 Å². The fourth-order valence-corrected chi connectivity index (χ4v) is 2.21. The van der Waals surface area contributed by atoms with Gasteiger partial charge in [0.25, 0.3) is 0 Å². The Morgan fingerprint density at radius 3 is 3.00 bits per heavy atom. The maximum Gasteiger partial charge on any atom is 0.0817 e. The van der Waals surface area contributed by atoms with Crippen LogP contribution < -0.4 is 5.73 Å². The number of nitrogens with two attached hydrogens (primary N) is 1. The Balaban J connectivity index is 1.93. The second kappa shape index (κ2) is 4.54. The summed E-state index contributed by atoms with van der Waals surface area (Å²) in [4.78, 5) is 0. The van der Waals surface area contributed by atoms with Crippen LogP contribution in [0, 0.1) is 5.92 Å². The predicted octanol–water partition coefficient (Wildman–Crippen LogP) is 2.23. The van der Waals surface area contributed by atoms with Crippen molar-refractivity contribution in [3.8, 4) is 0 Å². The lowest BCUT2D eigenvalue weighted by Crippen LogP contribution is -2.23. The topological polar surface area (TPSA) is 43.8 Å². The molecule has 0 spiro atoms. The summed E-state index contributed by atoms with van der Waals surface area (Å²) >= 11 is 6.08. The molecule has 2 N–H and O–H groups in total. The summed E-state index contributed by atoms with van der Waals surface area (Å²) in [6.07, 6.45) is 6.31. The number of hydrogen-bond acceptors (Lipinski definition) is 2. The van der Waals surface area contributed by atoms with Gasteiger partial charge < -0.3 is 5.73 Å². The fourth-order valence-electron chi connectivity index (χ4n) is 1.97. The highest BCUT2D eigenvalue weighted by atomic mass is 35.5. The Labute approximate surface area is 95.6 Å². The molecule has 1 unspecified atom stereocenters. The van der Waals surface area contributed by atoms with Crippen LogP contribution >= 0.6 is 11.6 Å². The molecular weight excluding hydrogens is 210 g/mol. The molecule has 0 radical (unpaired) electrons. The van der Waals surface area contributed by atoms with Crippen molar-refractivity contribution < 1.29 is 0 Å². The summed E-state index contributed by atoms with van der Waals surface area (Å²) in [5.74, 6) is 0.766. The molecule has 3 nitrogen and oxygen atoms in total. The van der Waals surface area contributed by atoms with Gasteiger partial charge in [-0.2, -0.15) is 5.10 Å². The second-order valence-corrected chi connectivity index (χ2v) is 4.70. The zero-order chi connectivity index (χ0) is 10.8. The minimum absolute atomic E-state index is 0.348. The van der Waals surface area contributed by atoms with Crippen molar-refractivity contribution >= 4 is 11.6 Å². The molecule has 1 heterocycles. The van der Waals surface area contributed by atoms with Gasteiger partial charge in [0.1, 0.15) is 0 Å². The van der Waals surface area contributed by atoms with Crippen molar-refractivity contribution in [1.29, 1.82) is 0 Å². The Hall–Kier alpha value is -0.540. The highest BCUT2D eigenvalue weighted by Gasteiger charge is 2.28. The van der Waals surface area contributed by atoms with Crippen LogP contribution in [0.15, 0.2) is 6.20 Å². The van der Waals surface area contributed by atoms with Gasteiger partial charge in [-0.1, -0.05) is 11.6 Å². The third-order valence-electron chi connectivity index (χ3n) is 3.14. The average molecular weight is 228 g/mol. The van der Waals surface area contributed by atoms with E-state index in [-0.39, 0.29) is 0 Å². The lowest BCUT2D eigenvalue weighted by molar-refractivity contribution is 0.527. The van der Waals surface area contributed by atoms with E-state index >= 15 is 0 Å². The summed E-state index contributed by atoms with van der Waals surface area (Å²) in [5.41, 5.74) is 7.20. The highest BCUT2D eigenvalue weighted by Crippen LogP contribution is 2.33. The molecule has 15 heavy (non-hydrogen) atoms. The molecule has 0 aliphatic heterocycles. The molecule has 0 bridgehead atoms. The van der Waals surface area contributed by atoms with Crippen LogP contribution in [0.2, 0.25) is 5.02 Å². The number of aryl methyl sites for hydroxylation is 1. The van der Waals surface area contributed by atoms with Crippen molar-refractivity contribution in [2.75, 3.05) is 0 Å². The van der Waals surface area contributed by atoms with Gasteiger partial charge >= 0.3 is 0 Å². The van der Waals surface area contributed by atoms with E-state index in [9.17, 15) is 0 Å². The van der Waals surface area contributed by atoms with Crippen LogP contribution in [-0.2, 0) is 13.0 Å². The van der Waals surface area contributed by atoms with E-state index in [4.69, 9.17) is 17.3 Å². The first-order valence-electron chi connectivity index (χ1n) is 5.68. The monoisotopic (exact) mass is 227 g/mol. The molecule has 1 aromatic rings. The molecule has 0 saturated heterocycles. The molecule has 1 saturated carbocycles. The smallest absolute Gasteiger partial charge is 0.0817 e. The van der Waals surface area contributed by atoms with E-state index in [0.29, 0.717) is 6.04 Å². The quantitative estimate of drug-likeness (QED) is 0.839. The van der Waals surface area contributed by atoms with Gasteiger partial charge in [-0.25, -0.2) is 0 Å². The molecule has 2 rings (SSSR count). The van der Waals surface area contributed by atoms with E-state index in [1.165, 1.54) is 12.8 Å². The van der Waals surface area contributed by atoms with Gasteiger partial charge in [0.2, 0.25) is 0 Å². The van der Waals surface area contributed by atoms with E-state index in [1.807, 2.05) is 4.68 Å². The number of hydrogen-bond donors (Lipinski definition) is 1. The first-order valence-corrected chi connectivity index (χ1v) is 6.06. The Morgan fingerprint density at radius 2 is 2.40 bits per heavy atom. The van der Waals surface area contributed by atoms with Crippen LogP contribution in [-0.4, -0.2) is 15.8 Å². The van der Waals surface area contributed by atoms with Gasteiger partial charge in [-0.05, 0) is 38.5 Å². The first kappa shape index (κ1) is 11.0. The first-order chi connectivity index (χ1) is 7.22. The summed E-state index contributed by atoms with van der Waals surface area (Å²) in [6, 6.07) is 0.348. The van der Waals surface area contributed by atoms with Crippen LogP contribution in [0.1, 0.15) is 31.9 Å². The van der Waals surface area contributed by atoms with Crippen molar-refractivity contribution in [3.63, 3.8) is 0 Å². The molecule has 4 heteroatoms. The molecule has 1 aliphatic rings. The molecule has 1 atom stereocenters. The van der Waals surface area contributed by atoms with Gasteiger partial charge in [-0.15, -0.1) is 0 Å². The van der Waals surface area contributed by atoms with Crippen LogP contribution in [0.5, 0.6) is 0 Å². The van der Waals surface area contributed by atoms with Crippen molar-refractivity contribution in [2.24, 2.45) is 11.7 Å². The average Bonchev–Trinajstić information content (AvgIpc) is 3.01. The van der Waals surface area contributed by atoms with Crippen LogP contribution in [0.25, 0.3) is 0 Å². The Morgan fingerprint density at radius 1 is 1.67 bits per heavy atom. The van der Waals surface area contributed by atoms with E-state index in [1.54, 1.807) is 6.20 Å². The predicted molar refractivity (Wildman–Crippen MR) is 61.9 cm³/mol. The SMILES string of the molecule is CCn1ncc(Cl)c1CCC(N)C1CC1. The maximum absolute atomic E-state index is 6.08. The van der Waals surface area contributed by atoms with Crippen molar-refractivity contribution in [2.45, 2.75) is 45.2 Å². The van der Waals surface area contributed by atoms with Crippen LogP contribution in [0.4, 0.5) is 0 Å². The Bertz CT molecular complexity index is 331. The molecular formula is C11H18ClN3. The lowest BCUT2D eigenvalue weighted by Gasteiger charge is -2.11. The summed E-state index contributed by atoms with van der Waals surface area (Å²) < 4.78 is 1.96. The standard InChI is InChI=1S/C11H18ClN3/c1-2-15-11(9(12)7-14-15)6-5-10(13)8-3-4-8/h7-8,10H,2-6,13H2,1H3. The van der Waals surface area contributed by atoms with Gasteiger partial charge in [-0.3, -0.25) is 4.68 Å². The number of halogens is 1. The van der Waals surface area contributed by atoms with E-state index in [2.05, 4.69) is 12.0 Å². The van der Waals surface area contributed by atoms with Crippen molar-refractivity contribution in [1.82, 2.24) is 9.78 Å². The highest BCUT2D eigenvalue weighted by molar-refractivity contribution is 6.31. The summed E-state index contributed by atoms with van der Waals surface area (Å²) in [7, 11) is 0. The number of aromatic nitrogens is 2. The lowest BCUT2D eigenvalue weighted by atomic mass is 10.1. The zero-order valence-electron chi connectivity index (χ0n) is 9.12. The van der Waals surface area contributed by atoms with Gasteiger partial charge in [0.05, 0.1) is 16.9 Å². The minimum Gasteiger partial charge on any atom is -0.327 e. The van der Waals surface area contributed by atoms with E-state index < -0.39 is 0 Å². The summed E-state index contributed by atoms with van der Waals surface area (Å²) in [5, 5.41) is 4.99. The Kier molecular flexibility index (Phi) is 3.32. The molecule has 84 valence electrons. The fraction of sp³-hybridized carbons (Fsp3) is 0.727. The van der Waals surface area contributed by atoms with Crippen LogP contribution in [0.3, 0.4) is 0 Å². The molecule has 0 aromatic carbocycles. The molecule has 1 aliphatic carbocycles. The summed E-state index contributed by atoms with van der Waals surface area (Å²) in [6.45, 7) is 2.95. The molecule has 1 aromatic heterocycles. The molecule has 0 amide bonds. The minimum atomic E-state index is 0.348.